The molecule has 2 aliphatic heterocycles. The number of carbonyl (C=O) groups excluding carboxylic acids is 5. The predicted molar refractivity (Wildman–Crippen MR) is 389 cm³/mol. The van der Waals surface area contributed by atoms with E-state index in [0.29, 0.717) is 42.4 Å². The van der Waals surface area contributed by atoms with Gasteiger partial charge in [-0.25, -0.2) is 9.59 Å². The number of aliphatic carboxylic acids is 1. The van der Waals surface area contributed by atoms with E-state index in [9.17, 15) is 84.9 Å². The highest BCUT2D eigenvalue weighted by Crippen LogP contribution is 2.34. The van der Waals surface area contributed by atoms with E-state index in [0.717, 1.165) is 12.5 Å². The summed E-state index contributed by atoms with van der Waals surface area (Å²) in [5, 5.41) is 132. The van der Waals surface area contributed by atoms with Crippen molar-refractivity contribution >= 4 is 35.4 Å². The van der Waals surface area contributed by atoms with Gasteiger partial charge in [-0.2, -0.15) is 0 Å². The number of hydrogen-bond donors (Lipinski definition) is 14. The highest BCUT2D eigenvalue weighted by molar-refractivity contribution is 5.94. The van der Waals surface area contributed by atoms with Gasteiger partial charge in [0.2, 0.25) is 17.7 Å². The number of ether oxygens (including phenoxy) is 3. The van der Waals surface area contributed by atoms with Gasteiger partial charge in [-0.3, -0.25) is 19.2 Å². The molecule has 101 heavy (non-hydrogen) atoms. The van der Waals surface area contributed by atoms with Crippen LogP contribution in [0.25, 0.3) is 0 Å². The lowest BCUT2D eigenvalue weighted by Crippen LogP contribution is -2.59. The molecule has 1 saturated heterocycles. The van der Waals surface area contributed by atoms with E-state index < -0.39 is 162 Å². The van der Waals surface area contributed by atoms with Crippen molar-refractivity contribution in [1.29, 1.82) is 0 Å². The Hall–Kier alpha value is -5.54. The van der Waals surface area contributed by atoms with Crippen LogP contribution in [0.4, 0.5) is 0 Å². The molecule has 14 N–H and O–H groups in total. The number of fused-ring (bicyclic) bond motifs is 2. The van der Waals surface area contributed by atoms with Crippen molar-refractivity contribution in [2.24, 2.45) is 64.6 Å². The fourth-order valence-electron chi connectivity index (χ4n) is 13.1. The van der Waals surface area contributed by atoms with Crippen LogP contribution >= 0.6 is 0 Å². The van der Waals surface area contributed by atoms with Crippen molar-refractivity contribution in [1.82, 2.24) is 16.0 Å². The van der Waals surface area contributed by atoms with Gasteiger partial charge in [0.05, 0.1) is 85.1 Å². The zero-order chi connectivity index (χ0) is 77.1. The van der Waals surface area contributed by atoms with Crippen molar-refractivity contribution in [2.45, 2.75) is 286 Å². The van der Waals surface area contributed by atoms with Gasteiger partial charge in [-0.05, 0) is 146 Å². The Morgan fingerprint density at radius 2 is 1.38 bits per heavy atom. The minimum absolute atomic E-state index is 0.0328. The number of carboxylic acids is 1. The number of amides is 3. The molecule has 23 heteroatoms. The number of aliphatic hydroxyl groups is 10. The lowest BCUT2D eigenvalue weighted by Gasteiger charge is -2.38. The number of ketones is 1. The number of Topliss-reactive ketones (excluding diaryl/α,β-unsaturated/α-hetero) is 1. The number of carboxylic acid groups (broad SMARTS) is 1. The van der Waals surface area contributed by atoms with Gasteiger partial charge >= 0.3 is 11.9 Å². The number of rotatable bonds is 25. The summed E-state index contributed by atoms with van der Waals surface area (Å²) in [7, 11) is 1.60. The summed E-state index contributed by atoms with van der Waals surface area (Å²) in [4.78, 5) is 80.9. The van der Waals surface area contributed by atoms with Crippen molar-refractivity contribution in [2.75, 3.05) is 7.11 Å². The highest BCUT2D eigenvalue weighted by atomic mass is 16.6. The number of allylic oxidation sites excluding steroid dienone is 7. The number of aliphatic hydroxyl groups excluding tert-OH is 10. The lowest BCUT2D eigenvalue weighted by molar-refractivity contribution is -0.170. The molecule has 25 atom stereocenters. The Bertz CT molecular complexity index is 2840. The Morgan fingerprint density at radius 3 is 1.95 bits per heavy atom. The number of nitrogens with one attached hydrogen (secondary N) is 3. The Kier molecular flexibility index (Phi) is 40.2. The minimum Gasteiger partial charge on any atom is -0.479 e. The molecule has 23 nitrogen and oxygen atoms in total. The molecule has 25 unspecified atom stereocenters. The number of carbonyl (C=O) groups is 6. The first-order chi connectivity index (χ1) is 47.0. The third kappa shape index (κ3) is 30.2. The average Bonchev–Trinajstić information content (AvgIpc) is 0.848. The zero-order valence-electron chi connectivity index (χ0n) is 63.6. The first-order valence-corrected chi connectivity index (χ1v) is 36.3. The van der Waals surface area contributed by atoms with E-state index >= 15 is 0 Å². The maximum Gasteiger partial charge on any atom is 0.335 e. The average molecular weight is 1430 g/mol. The molecule has 0 spiro atoms. The first kappa shape index (κ1) is 91.5. The van der Waals surface area contributed by atoms with Gasteiger partial charge in [0.25, 0.3) is 0 Å². The third-order valence-electron chi connectivity index (χ3n) is 20.1. The topological polar surface area (TPSA) is 389 Å². The van der Waals surface area contributed by atoms with Crippen LogP contribution in [-0.2, 0) is 43.0 Å². The third-order valence-corrected chi connectivity index (χ3v) is 20.1. The summed E-state index contributed by atoms with van der Waals surface area (Å²) in [5.74, 6) is -11.4. The summed E-state index contributed by atoms with van der Waals surface area (Å²) < 4.78 is 18.2. The molecule has 0 radical (unpaired) electrons. The number of methoxy groups -OCH3 is 1. The van der Waals surface area contributed by atoms with E-state index in [2.05, 4.69) is 22.9 Å². The fraction of sp³-hybridized carbons (Fsp3) is 0.718. The fourth-order valence-corrected chi connectivity index (χ4v) is 13.1. The molecular formula is C78H129N3O20. The van der Waals surface area contributed by atoms with Gasteiger partial charge in [-0.1, -0.05) is 150 Å². The first-order valence-electron chi connectivity index (χ1n) is 36.3. The van der Waals surface area contributed by atoms with Gasteiger partial charge in [-0.15, -0.1) is 0 Å². The molecule has 2 rings (SSSR count). The molecule has 2 heterocycles. The molecule has 1 fully saturated rings. The highest BCUT2D eigenvalue weighted by Gasteiger charge is 2.44. The molecule has 576 valence electrons. The van der Waals surface area contributed by atoms with Gasteiger partial charge < -0.3 is 86.3 Å². The normalized spacial score (nSPS) is 31.8. The second kappa shape index (κ2) is 44.3. The van der Waals surface area contributed by atoms with Crippen molar-refractivity contribution in [3.63, 3.8) is 0 Å². The van der Waals surface area contributed by atoms with E-state index in [1.807, 2.05) is 52.0 Å². The largest absolute Gasteiger partial charge is 0.479 e. The summed E-state index contributed by atoms with van der Waals surface area (Å²) in [6.45, 7) is 30.7. The van der Waals surface area contributed by atoms with E-state index in [4.69, 9.17) is 14.2 Å². The second-order valence-corrected chi connectivity index (χ2v) is 30.4. The number of hydrogen-bond acceptors (Lipinski definition) is 19. The zero-order valence-corrected chi connectivity index (χ0v) is 63.6. The van der Waals surface area contributed by atoms with Crippen molar-refractivity contribution < 1.29 is 99.1 Å². The van der Waals surface area contributed by atoms with Crippen LogP contribution in [0.5, 0.6) is 0 Å². The molecule has 2 bridgehead atoms. The molecule has 0 aliphatic carbocycles. The number of cyclic esters (lactones) is 1. The van der Waals surface area contributed by atoms with Crippen LogP contribution in [0.2, 0.25) is 0 Å². The second-order valence-electron chi connectivity index (χ2n) is 30.4. The van der Waals surface area contributed by atoms with Gasteiger partial charge in [0, 0.05) is 48.2 Å². The lowest BCUT2D eigenvalue weighted by atomic mass is 9.77. The Morgan fingerprint density at radius 1 is 0.762 bits per heavy atom. The minimum atomic E-state index is -2.58. The smallest absolute Gasteiger partial charge is 0.335 e. The number of esters is 1. The van der Waals surface area contributed by atoms with Crippen molar-refractivity contribution in [3.8, 4) is 0 Å². The van der Waals surface area contributed by atoms with Crippen LogP contribution in [0.3, 0.4) is 0 Å². The van der Waals surface area contributed by atoms with E-state index in [-0.39, 0.29) is 67.5 Å². The summed E-state index contributed by atoms with van der Waals surface area (Å²) >= 11 is 0. The monoisotopic (exact) mass is 1430 g/mol. The standard InChI is InChI=1S/C78H129N3O20/c1-42(2)36-57(79-64(87)34-35-78(17,18)74(94)54(15)67(88)43(3)4)71(92)50(11)40-48(9)69(90)46(7)31-33-59(84)53(14)75(95)81-65(55(16)82)73-52(13)58(83)32-30-45(6)68(89)47(8)39-49(10)70(91)51(12)60(85)41-56-37-44(5)38-62(100-56)61(99-19)28-26-24-22-20-21-23-25-27-29-63(86)80-66(77(98)101-73)72(93)76(96)97/h22-30,34-35,39-40,42-44,46-47,50-62,65-73,82-85,88-93H,20-21,31-33,36-38,41H2,1-19H3,(H,79,87)(H,80,86)(H,81,95)(H,96,97)/b24-22-,25-23-,28-26-,29-27-,35-34+,45-30-,48-40+,49-39-. The summed E-state index contributed by atoms with van der Waals surface area (Å²) in [6.07, 6.45) is 8.06. The van der Waals surface area contributed by atoms with E-state index in [1.54, 1.807) is 101 Å². The van der Waals surface area contributed by atoms with Gasteiger partial charge in [0.15, 0.2) is 12.1 Å². The van der Waals surface area contributed by atoms with Crippen LogP contribution in [0.15, 0.2) is 95.7 Å². The molecule has 2 aliphatic rings. The summed E-state index contributed by atoms with van der Waals surface area (Å²) in [6, 6.07) is -4.61. The van der Waals surface area contributed by atoms with Crippen LogP contribution in [0.1, 0.15) is 182 Å². The van der Waals surface area contributed by atoms with Crippen LogP contribution in [-0.4, -0.2) is 202 Å². The molecule has 0 aromatic rings. The SMILES string of the molecule is COC1/C=C\C=C/CC/C=C\C=C/C(=O)NC(C(O)C(=O)O)C(=O)OC(C(NC(=O)C(C)C(O)CCC(C)C(O)/C(C)=C/C(C)C(O)C(CC(C)C)NC(=O)/C=C/C(C)(C)C(=O)C(C)C(O)C(C)C)C(C)O)C(C)C(O)C/C=C(/C)C(O)C(C)/C=C(/C)C(O)C(C)C(O)CC2CC(C)CC1O2. The molecule has 0 saturated carbocycles. The van der Waals surface area contributed by atoms with Crippen LogP contribution < -0.4 is 16.0 Å². The predicted octanol–water partition coefficient (Wildman–Crippen LogP) is 6.99. The van der Waals surface area contributed by atoms with Gasteiger partial charge in [0.1, 0.15) is 18.0 Å². The molecule has 0 aromatic heterocycles. The van der Waals surface area contributed by atoms with Crippen molar-refractivity contribution in [3.05, 3.63) is 95.7 Å². The van der Waals surface area contributed by atoms with Crippen LogP contribution in [0, 0.1) is 64.6 Å². The maximum atomic E-state index is 14.3. The maximum absolute atomic E-state index is 14.3. The quantitative estimate of drug-likeness (QED) is 0.0249. The summed E-state index contributed by atoms with van der Waals surface area (Å²) in [5.41, 5.74) is 0.299. The molecule has 3 amide bonds. The molecular weight excluding hydrogens is 1300 g/mol. The molecule has 0 aromatic carbocycles. The van der Waals surface area contributed by atoms with E-state index in [1.165, 1.54) is 45.1 Å². The Balaban J connectivity index is 2.51. The Labute approximate surface area is 601 Å².